The van der Waals surface area contributed by atoms with Gasteiger partial charge in [0.25, 0.3) is 0 Å². The number of nitrogens with zero attached hydrogens (tertiary/aromatic N) is 1. The van der Waals surface area contributed by atoms with Gasteiger partial charge in [0.2, 0.25) is 5.91 Å². The number of carbonyl (C=O) groups is 1. The molecule has 0 aromatic heterocycles. The van der Waals surface area contributed by atoms with E-state index in [2.05, 4.69) is 30.6 Å². The predicted molar refractivity (Wildman–Crippen MR) is 84.9 cm³/mol. The second-order valence-electron chi connectivity index (χ2n) is 6.52. The third kappa shape index (κ3) is 5.11. The Labute approximate surface area is 126 Å². The van der Waals surface area contributed by atoms with E-state index in [1.165, 1.54) is 0 Å². The van der Waals surface area contributed by atoms with Gasteiger partial charge >= 0.3 is 0 Å². The van der Waals surface area contributed by atoms with Crippen molar-refractivity contribution >= 4 is 17.3 Å². The fourth-order valence-corrected chi connectivity index (χ4v) is 2.12. The van der Waals surface area contributed by atoms with Gasteiger partial charge < -0.3 is 10.6 Å². The zero-order valence-corrected chi connectivity index (χ0v) is 12.8. The zero-order valence-electron chi connectivity index (χ0n) is 12.8. The van der Waals surface area contributed by atoms with Gasteiger partial charge in [-0.2, -0.15) is 5.26 Å². The van der Waals surface area contributed by atoms with Crippen molar-refractivity contribution in [3.8, 4) is 6.07 Å². The van der Waals surface area contributed by atoms with Gasteiger partial charge in [0.15, 0.2) is 0 Å². The number of hydrogen-bond donors (Lipinski definition) is 2. The average molecular weight is 285 g/mol. The minimum absolute atomic E-state index is 0.0724. The number of nitriles is 1. The van der Waals surface area contributed by atoms with E-state index in [1.807, 2.05) is 24.3 Å². The third-order valence-corrected chi connectivity index (χ3v) is 3.76. The van der Waals surface area contributed by atoms with E-state index in [4.69, 9.17) is 5.26 Å². The summed E-state index contributed by atoms with van der Waals surface area (Å²) in [6.45, 7) is 5.10. The van der Waals surface area contributed by atoms with Crippen LogP contribution in [0.2, 0.25) is 0 Å². The molecule has 1 saturated carbocycles. The van der Waals surface area contributed by atoms with Gasteiger partial charge in [-0.3, -0.25) is 4.79 Å². The highest BCUT2D eigenvalue weighted by Gasteiger charge is 2.29. The molecule has 1 aromatic carbocycles. The van der Waals surface area contributed by atoms with Crippen LogP contribution in [0.5, 0.6) is 0 Å². The van der Waals surface area contributed by atoms with Crippen molar-refractivity contribution in [1.29, 1.82) is 5.26 Å². The largest absolute Gasteiger partial charge is 0.384 e. The highest BCUT2D eigenvalue weighted by Crippen LogP contribution is 2.30. The van der Waals surface area contributed by atoms with Crippen molar-refractivity contribution < 1.29 is 4.79 Å². The van der Waals surface area contributed by atoms with Gasteiger partial charge in [-0.1, -0.05) is 19.9 Å². The van der Waals surface area contributed by atoms with E-state index in [1.54, 1.807) is 0 Å². The molecule has 4 heteroatoms. The minimum Gasteiger partial charge on any atom is -0.384 e. The molecular weight excluding hydrogens is 262 g/mol. The van der Waals surface area contributed by atoms with E-state index in [-0.39, 0.29) is 17.2 Å². The van der Waals surface area contributed by atoms with Crippen LogP contribution in [0, 0.1) is 22.7 Å². The molecule has 0 radical (unpaired) electrons. The minimum atomic E-state index is 0.0724. The van der Waals surface area contributed by atoms with Crippen LogP contribution in [-0.2, 0) is 4.79 Å². The van der Waals surface area contributed by atoms with Gasteiger partial charge in [0, 0.05) is 30.3 Å². The van der Waals surface area contributed by atoms with Crippen LogP contribution in [0.25, 0.3) is 0 Å². The van der Waals surface area contributed by atoms with Gasteiger partial charge in [0.1, 0.15) is 0 Å². The SMILES string of the molecule is CC(C)(CCC#N)CNc1cccc(NC(=O)C2CC2)c1. The number of benzene rings is 1. The molecule has 1 fully saturated rings. The molecule has 0 spiro atoms. The average Bonchev–Trinajstić information content (AvgIpc) is 3.28. The van der Waals surface area contributed by atoms with Crippen molar-refractivity contribution in [2.75, 3.05) is 17.2 Å². The van der Waals surface area contributed by atoms with Crippen LogP contribution in [0.3, 0.4) is 0 Å². The highest BCUT2D eigenvalue weighted by atomic mass is 16.2. The number of carbonyl (C=O) groups excluding carboxylic acids is 1. The molecule has 2 rings (SSSR count). The maximum atomic E-state index is 11.8. The Bertz CT molecular complexity index is 541. The molecule has 0 saturated heterocycles. The van der Waals surface area contributed by atoms with E-state index in [9.17, 15) is 4.79 Å². The monoisotopic (exact) mass is 285 g/mol. The first-order chi connectivity index (χ1) is 10.00. The molecule has 4 nitrogen and oxygen atoms in total. The topological polar surface area (TPSA) is 64.9 Å². The van der Waals surface area contributed by atoms with E-state index in [0.717, 1.165) is 37.2 Å². The summed E-state index contributed by atoms with van der Waals surface area (Å²) < 4.78 is 0. The van der Waals surface area contributed by atoms with Gasteiger partial charge in [0.05, 0.1) is 6.07 Å². The summed E-state index contributed by atoms with van der Waals surface area (Å²) in [5, 5.41) is 15.0. The predicted octanol–water partition coefficient (Wildman–Crippen LogP) is 3.78. The Morgan fingerprint density at radius 3 is 2.76 bits per heavy atom. The van der Waals surface area contributed by atoms with Crippen molar-refractivity contribution in [2.24, 2.45) is 11.3 Å². The van der Waals surface area contributed by atoms with Crippen LogP contribution in [0.4, 0.5) is 11.4 Å². The molecule has 21 heavy (non-hydrogen) atoms. The number of rotatable bonds is 7. The Morgan fingerprint density at radius 1 is 1.38 bits per heavy atom. The summed E-state index contributed by atoms with van der Waals surface area (Å²) in [6.07, 6.45) is 3.47. The molecule has 2 N–H and O–H groups in total. The van der Waals surface area contributed by atoms with Gasteiger partial charge in [-0.25, -0.2) is 0 Å². The van der Waals surface area contributed by atoms with Crippen molar-refractivity contribution in [3.05, 3.63) is 24.3 Å². The van der Waals surface area contributed by atoms with Gasteiger partial charge in [-0.15, -0.1) is 0 Å². The maximum Gasteiger partial charge on any atom is 0.227 e. The maximum absolute atomic E-state index is 11.8. The number of nitrogens with one attached hydrogen (secondary N) is 2. The smallest absolute Gasteiger partial charge is 0.227 e. The van der Waals surface area contributed by atoms with Crippen molar-refractivity contribution in [3.63, 3.8) is 0 Å². The lowest BCUT2D eigenvalue weighted by molar-refractivity contribution is -0.117. The summed E-state index contributed by atoms with van der Waals surface area (Å²) in [5.74, 6) is 0.341. The first-order valence-corrected chi connectivity index (χ1v) is 7.52. The Hall–Kier alpha value is -2.02. The lowest BCUT2D eigenvalue weighted by Gasteiger charge is -2.24. The molecule has 0 bridgehead atoms. The number of amides is 1. The zero-order chi connectivity index (χ0) is 15.3. The molecular formula is C17H23N3O. The summed E-state index contributed by atoms with van der Waals surface area (Å²) in [6, 6.07) is 9.99. The molecule has 0 unspecified atom stereocenters. The van der Waals surface area contributed by atoms with Crippen molar-refractivity contribution in [2.45, 2.75) is 39.5 Å². The molecule has 1 aliphatic carbocycles. The highest BCUT2D eigenvalue weighted by molar-refractivity contribution is 5.94. The molecule has 0 heterocycles. The molecule has 1 aromatic rings. The van der Waals surface area contributed by atoms with Gasteiger partial charge in [-0.05, 0) is 42.9 Å². The van der Waals surface area contributed by atoms with Crippen LogP contribution in [-0.4, -0.2) is 12.5 Å². The van der Waals surface area contributed by atoms with Crippen molar-refractivity contribution in [1.82, 2.24) is 0 Å². The molecule has 0 atom stereocenters. The third-order valence-electron chi connectivity index (χ3n) is 3.76. The quantitative estimate of drug-likeness (QED) is 0.801. The van der Waals surface area contributed by atoms with Crippen LogP contribution in [0.1, 0.15) is 39.5 Å². The summed E-state index contributed by atoms with van der Waals surface area (Å²) in [5.41, 5.74) is 1.91. The molecule has 112 valence electrons. The van der Waals surface area contributed by atoms with E-state index in [0.29, 0.717) is 6.42 Å². The summed E-state index contributed by atoms with van der Waals surface area (Å²) >= 11 is 0. The number of anilines is 2. The second-order valence-corrected chi connectivity index (χ2v) is 6.52. The Kier molecular flexibility index (Phi) is 4.85. The normalized spacial score (nSPS) is 14.3. The van der Waals surface area contributed by atoms with E-state index >= 15 is 0 Å². The first-order valence-electron chi connectivity index (χ1n) is 7.52. The van der Waals surface area contributed by atoms with Crippen LogP contribution < -0.4 is 10.6 Å². The molecule has 1 amide bonds. The lowest BCUT2D eigenvalue weighted by Crippen LogP contribution is -2.23. The number of hydrogen-bond acceptors (Lipinski definition) is 3. The standard InChI is InChI=1S/C17H23N3O/c1-17(2,9-4-10-18)12-19-14-5-3-6-15(11-14)20-16(21)13-7-8-13/h3,5-6,11,13,19H,4,7-9,12H2,1-2H3,(H,20,21). The summed E-state index contributed by atoms with van der Waals surface area (Å²) in [7, 11) is 0. The summed E-state index contributed by atoms with van der Waals surface area (Å²) in [4.78, 5) is 11.8. The first kappa shape index (κ1) is 15.4. The fraction of sp³-hybridized carbons (Fsp3) is 0.529. The lowest BCUT2D eigenvalue weighted by atomic mass is 9.88. The fourth-order valence-electron chi connectivity index (χ4n) is 2.12. The van der Waals surface area contributed by atoms with E-state index < -0.39 is 0 Å². The van der Waals surface area contributed by atoms with Crippen LogP contribution in [0.15, 0.2) is 24.3 Å². The Balaban J connectivity index is 1.88. The second kappa shape index (κ2) is 6.62. The van der Waals surface area contributed by atoms with Crippen LogP contribution >= 0.6 is 0 Å². The molecule has 0 aliphatic heterocycles. The Morgan fingerprint density at radius 2 is 2.10 bits per heavy atom. The molecule has 1 aliphatic rings.